The molecule has 0 unspecified atom stereocenters. The van der Waals surface area contributed by atoms with Crippen LogP contribution in [0.4, 0.5) is 5.00 Å². The smallest absolute Gasteiger partial charge is 0.349 e. The monoisotopic (exact) mass is 463 g/mol. The molecule has 1 amide bonds. The Morgan fingerprint density at radius 1 is 1.09 bits per heavy atom. The van der Waals surface area contributed by atoms with E-state index >= 15 is 0 Å². The first-order chi connectivity index (χ1) is 15.9. The van der Waals surface area contributed by atoms with Gasteiger partial charge >= 0.3 is 11.6 Å². The van der Waals surface area contributed by atoms with Crippen molar-refractivity contribution in [2.45, 2.75) is 13.8 Å². The Morgan fingerprint density at radius 2 is 1.85 bits per heavy atom. The quantitative estimate of drug-likeness (QED) is 0.309. The summed E-state index contributed by atoms with van der Waals surface area (Å²) in [6.07, 6.45) is 0. The average molecular weight is 464 g/mol. The number of fused-ring (bicyclic) bond motifs is 1. The van der Waals surface area contributed by atoms with E-state index in [9.17, 15) is 14.4 Å². The highest BCUT2D eigenvalue weighted by atomic mass is 32.1. The van der Waals surface area contributed by atoms with E-state index in [2.05, 4.69) is 5.32 Å². The van der Waals surface area contributed by atoms with Crippen molar-refractivity contribution in [2.75, 3.05) is 19.0 Å². The number of amides is 1. The fourth-order valence-corrected chi connectivity index (χ4v) is 4.60. The van der Waals surface area contributed by atoms with Gasteiger partial charge in [-0.15, -0.1) is 11.3 Å². The standard InChI is InChI=1S/C25H21NO6S/c1-4-31-25(29)21-20(15-8-6-5-7-9-15)14(2)33-23(21)26-22(27)18-13-16-12-17(30-3)10-11-19(16)32-24(18)28/h5-13H,4H2,1-3H3,(H,26,27). The number of rotatable bonds is 6. The molecule has 2 heterocycles. The van der Waals surface area contributed by atoms with Crippen molar-refractivity contribution in [3.63, 3.8) is 0 Å². The first-order valence-corrected chi connectivity index (χ1v) is 11.0. The number of nitrogens with one attached hydrogen (secondary N) is 1. The van der Waals surface area contributed by atoms with Crippen LogP contribution in [0.3, 0.4) is 0 Å². The van der Waals surface area contributed by atoms with E-state index in [0.29, 0.717) is 27.3 Å². The van der Waals surface area contributed by atoms with Gasteiger partial charge in [0.2, 0.25) is 0 Å². The number of esters is 1. The molecule has 0 radical (unpaired) electrons. The number of benzene rings is 2. The van der Waals surface area contributed by atoms with Crippen LogP contribution < -0.4 is 15.7 Å². The molecular weight excluding hydrogens is 442 g/mol. The molecular formula is C25H21NO6S. The SMILES string of the molecule is CCOC(=O)c1c(NC(=O)c2cc3cc(OC)ccc3oc2=O)sc(C)c1-c1ccccc1. The van der Waals surface area contributed by atoms with Gasteiger partial charge in [0, 0.05) is 15.8 Å². The van der Waals surface area contributed by atoms with E-state index in [1.165, 1.54) is 24.5 Å². The van der Waals surface area contributed by atoms with Gasteiger partial charge in [-0.2, -0.15) is 0 Å². The molecule has 0 fully saturated rings. The third-order valence-corrected chi connectivity index (χ3v) is 6.06. The van der Waals surface area contributed by atoms with Gasteiger partial charge in [-0.3, -0.25) is 4.79 Å². The Kier molecular flexibility index (Phi) is 6.28. The lowest BCUT2D eigenvalue weighted by Crippen LogP contribution is -2.21. The molecule has 0 spiro atoms. The van der Waals surface area contributed by atoms with Crippen LogP contribution in [0.15, 0.2) is 63.8 Å². The number of methoxy groups -OCH3 is 1. The number of carbonyl (C=O) groups excluding carboxylic acids is 2. The van der Waals surface area contributed by atoms with Crippen LogP contribution in [-0.4, -0.2) is 25.6 Å². The number of carbonyl (C=O) groups is 2. The van der Waals surface area contributed by atoms with Gasteiger partial charge in [0.25, 0.3) is 5.91 Å². The number of ether oxygens (including phenoxy) is 2. The summed E-state index contributed by atoms with van der Waals surface area (Å²) in [4.78, 5) is 39.2. The first-order valence-electron chi connectivity index (χ1n) is 10.2. The maximum atomic E-state index is 13.1. The van der Waals surface area contributed by atoms with Gasteiger partial charge in [0.1, 0.15) is 27.5 Å². The third kappa shape index (κ3) is 4.38. The second kappa shape index (κ2) is 9.30. The molecule has 0 saturated carbocycles. The van der Waals surface area contributed by atoms with Crippen molar-refractivity contribution in [3.05, 3.63) is 81.0 Å². The predicted molar refractivity (Wildman–Crippen MR) is 127 cm³/mol. The predicted octanol–water partition coefficient (Wildman–Crippen LogP) is 5.27. The molecule has 0 aliphatic carbocycles. The molecule has 2 aromatic heterocycles. The molecule has 168 valence electrons. The van der Waals surface area contributed by atoms with Gasteiger partial charge < -0.3 is 19.2 Å². The van der Waals surface area contributed by atoms with Gasteiger partial charge in [-0.05, 0) is 43.7 Å². The lowest BCUT2D eigenvalue weighted by molar-refractivity contribution is 0.0529. The van der Waals surface area contributed by atoms with E-state index in [0.717, 1.165) is 10.4 Å². The average Bonchev–Trinajstić information content (AvgIpc) is 3.14. The molecule has 2 aromatic carbocycles. The molecule has 4 aromatic rings. The number of aryl methyl sites for hydroxylation is 1. The summed E-state index contributed by atoms with van der Waals surface area (Å²) < 4.78 is 15.8. The molecule has 33 heavy (non-hydrogen) atoms. The van der Waals surface area contributed by atoms with Crippen LogP contribution in [0, 0.1) is 6.92 Å². The summed E-state index contributed by atoms with van der Waals surface area (Å²) in [5, 5.41) is 3.56. The van der Waals surface area contributed by atoms with Crippen LogP contribution in [0.1, 0.15) is 32.5 Å². The lowest BCUT2D eigenvalue weighted by Gasteiger charge is -2.09. The summed E-state index contributed by atoms with van der Waals surface area (Å²) in [6, 6.07) is 15.8. The van der Waals surface area contributed by atoms with Crippen LogP contribution in [0.5, 0.6) is 5.75 Å². The molecule has 0 bridgehead atoms. The summed E-state index contributed by atoms with van der Waals surface area (Å²) in [5.41, 5.74) is 1.14. The van der Waals surface area contributed by atoms with Crippen LogP contribution in [0.25, 0.3) is 22.1 Å². The summed E-state index contributed by atoms with van der Waals surface area (Å²) in [5.74, 6) is -0.667. The van der Waals surface area contributed by atoms with Crippen LogP contribution in [0.2, 0.25) is 0 Å². The number of anilines is 1. The highest BCUT2D eigenvalue weighted by Crippen LogP contribution is 2.40. The molecule has 1 N–H and O–H groups in total. The zero-order valence-electron chi connectivity index (χ0n) is 18.3. The van der Waals surface area contributed by atoms with Crippen molar-refractivity contribution < 1.29 is 23.5 Å². The van der Waals surface area contributed by atoms with Gasteiger partial charge in [0.15, 0.2) is 0 Å². The zero-order chi connectivity index (χ0) is 23.5. The molecule has 0 atom stereocenters. The van der Waals surface area contributed by atoms with Crippen LogP contribution >= 0.6 is 11.3 Å². The fourth-order valence-electron chi connectivity index (χ4n) is 3.54. The summed E-state index contributed by atoms with van der Waals surface area (Å²) in [6.45, 7) is 3.76. The van der Waals surface area contributed by atoms with E-state index in [1.807, 2.05) is 37.3 Å². The van der Waals surface area contributed by atoms with E-state index in [1.54, 1.807) is 25.1 Å². The number of hydrogen-bond acceptors (Lipinski definition) is 7. The Hall–Kier alpha value is -3.91. The van der Waals surface area contributed by atoms with E-state index in [-0.39, 0.29) is 17.7 Å². The van der Waals surface area contributed by atoms with Gasteiger partial charge in [0.05, 0.1) is 13.7 Å². The van der Waals surface area contributed by atoms with Crippen molar-refractivity contribution in [1.82, 2.24) is 0 Å². The number of hydrogen-bond donors (Lipinski definition) is 1. The van der Waals surface area contributed by atoms with Crippen molar-refractivity contribution in [3.8, 4) is 16.9 Å². The molecule has 0 saturated heterocycles. The summed E-state index contributed by atoms with van der Waals surface area (Å²) in [7, 11) is 1.52. The maximum absolute atomic E-state index is 13.1. The third-order valence-electron chi connectivity index (χ3n) is 5.04. The highest BCUT2D eigenvalue weighted by Gasteiger charge is 2.26. The minimum atomic E-state index is -0.778. The van der Waals surface area contributed by atoms with E-state index < -0.39 is 17.5 Å². The molecule has 0 aliphatic rings. The minimum Gasteiger partial charge on any atom is -0.497 e. The van der Waals surface area contributed by atoms with E-state index in [4.69, 9.17) is 13.9 Å². The Labute approximate surface area is 193 Å². The Balaban J connectivity index is 1.77. The molecule has 4 rings (SSSR count). The van der Waals surface area contributed by atoms with Gasteiger partial charge in [-0.1, -0.05) is 30.3 Å². The highest BCUT2D eigenvalue weighted by molar-refractivity contribution is 7.17. The number of thiophene rings is 1. The second-order valence-corrected chi connectivity index (χ2v) is 8.35. The molecule has 7 nitrogen and oxygen atoms in total. The first kappa shape index (κ1) is 22.3. The largest absolute Gasteiger partial charge is 0.497 e. The Bertz CT molecular complexity index is 1400. The lowest BCUT2D eigenvalue weighted by atomic mass is 10.0. The van der Waals surface area contributed by atoms with Crippen molar-refractivity contribution in [1.29, 1.82) is 0 Å². The van der Waals surface area contributed by atoms with Crippen molar-refractivity contribution in [2.24, 2.45) is 0 Å². The maximum Gasteiger partial charge on any atom is 0.349 e. The fraction of sp³-hybridized carbons (Fsp3) is 0.160. The molecule has 0 aliphatic heterocycles. The molecule has 8 heteroatoms. The second-order valence-electron chi connectivity index (χ2n) is 7.13. The van der Waals surface area contributed by atoms with Crippen molar-refractivity contribution >= 4 is 39.2 Å². The summed E-state index contributed by atoms with van der Waals surface area (Å²) >= 11 is 1.24. The topological polar surface area (TPSA) is 94.8 Å². The van der Waals surface area contributed by atoms with Crippen LogP contribution in [-0.2, 0) is 4.74 Å². The van der Waals surface area contributed by atoms with Gasteiger partial charge in [-0.25, -0.2) is 9.59 Å². The minimum absolute atomic E-state index is 0.183. The zero-order valence-corrected chi connectivity index (χ0v) is 19.1. The Morgan fingerprint density at radius 3 is 2.55 bits per heavy atom. The normalized spacial score (nSPS) is 10.8.